The third-order valence-corrected chi connectivity index (χ3v) is 4.45. The fourth-order valence-corrected chi connectivity index (χ4v) is 2.80. The minimum absolute atomic E-state index is 0.156. The van der Waals surface area contributed by atoms with Crippen molar-refractivity contribution in [2.24, 2.45) is 0 Å². The van der Waals surface area contributed by atoms with Crippen molar-refractivity contribution in [2.45, 2.75) is 19.4 Å². The van der Waals surface area contributed by atoms with Crippen LogP contribution in [-0.4, -0.2) is 27.1 Å². The van der Waals surface area contributed by atoms with Gasteiger partial charge in [0.15, 0.2) is 0 Å². The fraction of sp³-hybridized carbons (Fsp3) is 0.364. The summed E-state index contributed by atoms with van der Waals surface area (Å²) in [5, 5.41) is 18.6. The number of aromatic nitrogens is 2. The van der Waals surface area contributed by atoms with Crippen LogP contribution in [0.25, 0.3) is 0 Å². The van der Waals surface area contributed by atoms with Crippen molar-refractivity contribution < 1.29 is 9.90 Å². The number of carbonyl (C=O) groups excluding carboxylic acids is 1. The monoisotopic (exact) mass is 283 g/mol. The van der Waals surface area contributed by atoms with Gasteiger partial charge < -0.3 is 10.4 Å². The van der Waals surface area contributed by atoms with Crippen LogP contribution in [0.5, 0.6) is 0 Å². The van der Waals surface area contributed by atoms with Crippen molar-refractivity contribution in [2.75, 3.05) is 6.54 Å². The summed E-state index contributed by atoms with van der Waals surface area (Å²) in [6.45, 7) is 3.57. The van der Waals surface area contributed by atoms with Gasteiger partial charge in [0.25, 0.3) is 5.91 Å². The molecular formula is C11H13N3O2S2. The molecule has 5 nitrogen and oxygen atoms in total. The van der Waals surface area contributed by atoms with Gasteiger partial charge in [0, 0.05) is 4.88 Å². The van der Waals surface area contributed by atoms with Gasteiger partial charge in [0.05, 0.1) is 12.2 Å². The SMILES string of the molecule is Cc1nnsc1C(=O)NC[C@@](C)(O)c1cccs1. The number of carbonyl (C=O) groups is 1. The molecule has 0 aliphatic carbocycles. The van der Waals surface area contributed by atoms with E-state index >= 15 is 0 Å². The fourth-order valence-electron chi connectivity index (χ4n) is 1.44. The van der Waals surface area contributed by atoms with Gasteiger partial charge in [-0.05, 0) is 36.8 Å². The third-order valence-electron chi connectivity index (χ3n) is 2.50. The molecule has 0 unspecified atom stereocenters. The van der Waals surface area contributed by atoms with E-state index in [1.807, 2.05) is 17.5 Å². The lowest BCUT2D eigenvalue weighted by Crippen LogP contribution is -2.38. The molecule has 2 N–H and O–H groups in total. The van der Waals surface area contributed by atoms with Crippen LogP contribution in [0.4, 0.5) is 0 Å². The Hall–Kier alpha value is -1.31. The number of hydrogen-bond acceptors (Lipinski definition) is 6. The van der Waals surface area contributed by atoms with Crippen molar-refractivity contribution in [3.8, 4) is 0 Å². The predicted molar refractivity (Wildman–Crippen MR) is 70.9 cm³/mol. The first kappa shape index (κ1) is 13.1. The Bertz CT molecular complexity index is 534. The van der Waals surface area contributed by atoms with Crippen LogP contribution in [0, 0.1) is 6.92 Å². The smallest absolute Gasteiger partial charge is 0.265 e. The molecule has 18 heavy (non-hydrogen) atoms. The van der Waals surface area contributed by atoms with E-state index in [2.05, 4.69) is 14.9 Å². The van der Waals surface area contributed by atoms with E-state index < -0.39 is 5.60 Å². The van der Waals surface area contributed by atoms with E-state index in [4.69, 9.17) is 0 Å². The minimum Gasteiger partial charge on any atom is -0.383 e. The summed E-state index contributed by atoms with van der Waals surface area (Å²) in [6, 6.07) is 3.71. The van der Waals surface area contributed by atoms with Crippen LogP contribution < -0.4 is 5.32 Å². The predicted octanol–water partition coefficient (Wildman–Crippen LogP) is 1.55. The van der Waals surface area contributed by atoms with E-state index in [1.54, 1.807) is 13.8 Å². The lowest BCUT2D eigenvalue weighted by molar-refractivity contribution is 0.0557. The Morgan fingerprint density at radius 2 is 2.39 bits per heavy atom. The van der Waals surface area contributed by atoms with Crippen LogP contribution in [0.3, 0.4) is 0 Å². The highest BCUT2D eigenvalue weighted by Gasteiger charge is 2.25. The second kappa shape index (κ2) is 5.13. The Kier molecular flexibility index (Phi) is 3.74. The molecule has 0 spiro atoms. The molecule has 0 aliphatic heterocycles. The summed E-state index contributed by atoms with van der Waals surface area (Å²) in [4.78, 5) is 13.2. The molecule has 2 aromatic rings. The van der Waals surface area contributed by atoms with Gasteiger partial charge in [-0.2, -0.15) is 0 Å². The summed E-state index contributed by atoms with van der Waals surface area (Å²) in [6.07, 6.45) is 0. The number of thiophene rings is 1. The molecular weight excluding hydrogens is 270 g/mol. The molecule has 0 radical (unpaired) electrons. The molecule has 0 aromatic carbocycles. The Balaban J connectivity index is 2.00. The second-order valence-electron chi connectivity index (χ2n) is 4.12. The zero-order valence-corrected chi connectivity index (χ0v) is 11.6. The van der Waals surface area contributed by atoms with Crippen LogP contribution in [0.15, 0.2) is 17.5 Å². The number of hydrogen-bond donors (Lipinski definition) is 2. The summed E-state index contributed by atoms with van der Waals surface area (Å²) >= 11 is 2.51. The molecule has 96 valence electrons. The highest BCUT2D eigenvalue weighted by atomic mass is 32.1. The largest absolute Gasteiger partial charge is 0.383 e. The molecule has 0 saturated carbocycles. The first-order chi connectivity index (χ1) is 8.50. The maximum absolute atomic E-state index is 11.9. The number of rotatable bonds is 4. The lowest BCUT2D eigenvalue weighted by Gasteiger charge is -2.22. The maximum atomic E-state index is 11.9. The Morgan fingerprint density at radius 1 is 1.61 bits per heavy atom. The van der Waals surface area contributed by atoms with Gasteiger partial charge in [-0.25, -0.2) is 0 Å². The summed E-state index contributed by atoms with van der Waals surface area (Å²) in [7, 11) is 0. The second-order valence-corrected chi connectivity index (χ2v) is 5.82. The standard InChI is InChI=1S/C11H13N3O2S2/c1-7-9(18-14-13-7)10(15)12-6-11(2,16)8-4-3-5-17-8/h3-5,16H,6H2,1-2H3,(H,12,15)/t11-/m1/s1. The van der Waals surface area contributed by atoms with Crippen molar-refractivity contribution >= 4 is 28.8 Å². The zero-order valence-electron chi connectivity index (χ0n) is 10.0. The van der Waals surface area contributed by atoms with Crippen LogP contribution in [0.2, 0.25) is 0 Å². The topological polar surface area (TPSA) is 75.1 Å². The van der Waals surface area contributed by atoms with Gasteiger partial charge in [0.2, 0.25) is 0 Å². The maximum Gasteiger partial charge on any atom is 0.265 e. The molecule has 0 bridgehead atoms. The first-order valence-corrected chi connectivity index (χ1v) is 6.99. The number of aryl methyl sites for hydroxylation is 1. The zero-order chi connectivity index (χ0) is 13.2. The molecule has 0 fully saturated rings. The van der Waals surface area contributed by atoms with E-state index in [0.717, 1.165) is 16.4 Å². The molecule has 2 heterocycles. The van der Waals surface area contributed by atoms with Crippen LogP contribution in [-0.2, 0) is 5.60 Å². The van der Waals surface area contributed by atoms with Gasteiger partial charge in [-0.1, -0.05) is 10.6 Å². The number of amides is 1. The van der Waals surface area contributed by atoms with E-state index in [0.29, 0.717) is 10.6 Å². The minimum atomic E-state index is -1.06. The van der Waals surface area contributed by atoms with E-state index in [-0.39, 0.29) is 12.5 Å². The highest BCUT2D eigenvalue weighted by Crippen LogP contribution is 2.24. The van der Waals surface area contributed by atoms with Crippen LogP contribution in [0.1, 0.15) is 27.2 Å². The van der Waals surface area contributed by atoms with Gasteiger partial charge >= 0.3 is 0 Å². The number of aliphatic hydroxyl groups is 1. The molecule has 1 atom stereocenters. The van der Waals surface area contributed by atoms with Crippen molar-refractivity contribution in [1.82, 2.24) is 14.9 Å². The van der Waals surface area contributed by atoms with Gasteiger partial charge in [0.1, 0.15) is 10.5 Å². The summed E-state index contributed by atoms with van der Waals surface area (Å²) in [5.41, 5.74) is -0.455. The first-order valence-electron chi connectivity index (χ1n) is 5.34. The van der Waals surface area contributed by atoms with E-state index in [9.17, 15) is 9.90 Å². The number of nitrogens with one attached hydrogen (secondary N) is 1. The van der Waals surface area contributed by atoms with Crippen molar-refractivity contribution in [3.05, 3.63) is 33.0 Å². The van der Waals surface area contributed by atoms with Gasteiger partial charge in [-0.15, -0.1) is 16.4 Å². The van der Waals surface area contributed by atoms with Crippen molar-refractivity contribution in [1.29, 1.82) is 0 Å². The quantitative estimate of drug-likeness (QED) is 0.892. The average molecular weight is 283 g/mol. The molecule has 1 amide bonds. The third kappa shape index (κ3) is 2.74. The molecule has 2 aromatic heterocycles. The lowest BCUT2D eigenvalue weighted by atomic mass is 10.1. The molecule has 0 saturated heterocycles. The Morgan fingerprint density at radius 3 is 2.94 bits per heavy atom. The number of nitrogens with zero attached hydrogens (tertiary/aromatic N) is 2. The molecule has 7 heteroatoms. The molecule has 0 aliphatic rings. The van der Waals surface area contributed by atoms with Gasteiger partial charge in [-0.3, -0.25) is 4.79 Å². The summed E-state index contributed by atoms with van der Waals surface area (Å²) < 4.78 is 3.71. The Labute approximate surface area is 113 Å². The highest BCUT2D eigenvalue weighted by molar-refractivity contribution is 7.10. The van der Waals surface area contributed by atoms with Crippen molar-refractivity contribution in [3.63, 3.8) is 0 Å². The summed E-state index contributed by atoms with van der Waals surface area (Å²) in [5.74, 6) is -0.251. The molecule has 2 rings (SSSR count). The van der Waals surface area contributed by atoms with E-state index in [1.165, 1.54) is 11.3 Å². The van der Waals surface area contributed by atoms with Crippen LogP contribution >= 0.6 is 22.9 Å². The normalized spacial score (nSPS) is 14.2. The average Bonchev–Trinajstić information content (AvgIpc) is 2.96.